The van der Waals surface area contributed by atoms with Gasteiger partial charge in [0.1, 0.15) is 0 Å². The molecular weight excluding hydrogens is 188 g/mol. The van der Waals surface area contributed by atoms with Gasteiger partial charge in [0.2, 0.25) is 5.91 Å². The van der Waals surface area contributed by atoms with Gasteiger partial charge in [0.05, 0.1) is 17.6 Å². The highest BCUT2D eigenvalue weighted by molar-refractivity contribution is 5.85. The summed E-state index contributed by atoms with van der Waals surface area (Å²) in [6.45, 7) is 2.00. The Morgan fingerprint density at radius 2 is 2.33 bits per heavy atom. The molecule has 0 radical (unpaired) electrons. The van der Waals surface area contributed by atoms with Gasteiger partial charge in [0.25, 0.3) is 0 Å². The number of nitriles is 1. The number of benzene rings is 1. The fourth-order valence-electron chi connectivity index (χ4n) is 1.85. The van der Waals surface area contributed by atoms with E-state index in [0.717, 1.165) is 12.0 Å². The Kier molecular flexibility index (Phi) is 2.42. The predicted molar refractivity (Wildman–Crippen MR) is 56.0 cm³/mol. The average molecular weight is 200 g/mol. The molecule has 2 rings (SSSR count). The zero-order valence-electron chi connectivity index (χ0n) is 8.53. The van der Waals surface area contributed by atoms with Crippen molar-refractivity contribution in [1.82, 2.24) is 5.32 Å². The lowest BCUT2D eigenvalue weighted by molar-refractivity contribution is -0.134. The number of hydrogen-bond acceptors (Lipinski definition) is 2. The molecule has 0 bridgehead atoms. The van der Waals surface area contributed by atoms with E-state index in [1.54, 1.807) is 6.07 Å². The molecule has 0 aliphatic carbocycles. The summed E-state index contributed by atoms with van der Waals surface area (Å²) in [5.74, 6) is 0.184. The van der Waals surface area contributed by atoms with Crippen LogP contribution >= 0.6 is 0 Å². The summed E-state index contributed by atoms with van der Waals surface area (Å²) < 4.78 is 0. The van der Waals surface area contributed by atoms with Gasteiger partial charge < -0.3 is 5.32 Å². The number of nitrogens with zero attached hydrogens (tertiary/aromatic N) is 1. The first kappa shape index (κ1) is 9.72. The van der Waals surface area contributed by atoms with Crippen molar-refractivity contribution in [2.24, 2.45) is 5.92 Å². The van der Waals surface area contributed by atoms with Crippen molar-refractivity contribution in [2.75, 3.05) is 0 Å². The maximum absolute atomic E-state index is 11.2. The van der Waals surface area contributed by atoms with Crippen LogP contribution in [0.15, 0.2) is 24.3 Å². The second-order valence-electron chi connectivity index (χ2n) is 3.92. The zero-order chi connectivity index (χ0) is 10.8. The quantitative estimate of drug-likeness (QED) is 0.730. The largest absolute Gasteiger partial charge is 0.353 e. The summed E-state index contributed by atoms with van der Waals surface area (Å²) in [5, 5.41) is 11.5. The topological polar surface area (TPSA) is 52.9 Å². The van der Waals surface area contributed by atoms with E-state index in [1.165, 1.54) is 0 Å². The molecule has 0 spiro atoms. The number of nitrogens with one attached hydrogen (secondary N) is 1. The van der Waals surface area contributed by atoms with Gasteiger partial charge in [-0.25, -0.2) is 0 Å². The summed E-state index contributed by atoms with van der Waals surface area (Å²) in [6, 6.07) is 9.78. The van der Waals surface area contributed by atoms with E-state index >= 15 is 0 Å². The van der Waals surface area contributed by atoms with Crippen LogP contribution in [0.25, 0.3) is 0 Å². The van der Waals surface area contributed by atoms with Crippen LogP contribution in [0, 0.1) is 17.2 Å². The van der Waals surface area contributed by atoms with E-state index in [9.17, 15) is 4.79 Å². The molecule has 1 fully saturated rings. The van der Waals surface area contributed by atoms with E-state index in [4.69, 9.17) is 5.26 Å². The van der Waals surface area contributed by atoms with Crippen LogP contribution in [0.2, 0.25) is 0 Å². The smallest absolute Gasteiger partial charge is 0.225 e. The first-order chi connectivity index (χ1) is 7.20. The van der Waals surface area contributed by atoms with E-state index < -0.39 is 0 Å². The molecule has 1 saturated heterocycles. The number of rotatable bonds is 2. The number of carbonyl (C=O) groups excluding carboxylic acids is 1. The van der Waals surface area contributed by atoms with Gasteiger partial charge in [-0.15, -0.1) is 0 Å². The molecule has 1 amide bonds. The third-order valence-electron chi connectivity index (χ3n) is 2.82. The van der Waals surface area contributed by atoms with Crippen LogP contribution in [0.3, 0.4) is 0 Å². The Morgan fingerprint density at radius 3 is 2.93 bits per heavy atom. The molecule has 0 unspecified atom stereocenters. The molecule has 0 aromatic heterocycles. The van der Waals surface area contributed by atoms with Crippen LogP contribution < -0.4 is 5.32 Å². The molecule has 15 heavy (non-hydrogen) atoms. The summed E-state index contributed by atoms with van der Waals surface area (Å²) in [6.07, 6.45) is 0.725. The van der Waals surface area contributed by atoms with Crippen LogP contribution in [0.1, 0.15) is 18.1 Å². The second kappa shape index (κ2) is 3.74. The first-order valence-electron chi connectivity index (χ1n) is 5.00. The maximum Gasteiger partial charge on any atom is 0.225 e. The molecule has 1 aliphatic rings. The Hall–Kier alpha value is -1.82. The van der Waals surface area contributed by atoms with Crippen LogP contribution in [-0.2, 0) is 11.2 Å². The molecule has 1 aromatic rings. The van der Waals surface area contributed by atoms with Gasteiger partial charge in [-0.3, -0.25) is 4.79 Å². The van der Waals surface area contributed by atoms with Crippen molar-refractivity contribution in [3.63, 3.8) is 0 Å². The minimum absolute atomic E-state index is 0.0685. The molecule has 76 valence electrons. The lowest BCUT2D eigenvalue weighted by Crippen LogP contribution is -2.57. The number of β-lactam (4-membered cyclic amide) rings is 1. The third kappa shape index (κ3) is 1.84. The van der Waals surface area contributed by atoms with Crippen molar-refractivity contribution in [2.45, 2.75) is 19.4 Å². The minimum Gasteiger partial charge on any atom is -0.353 e. The normalized spacial score (nSPS) is 23.9. The summed E-state index contributed by atoms with van der Waals surface area (Å²) >= 11 is 0. The maximum atomic E-state index is 11.2. The summed E-state index contributed by atoms with van der Waals surface area (Å²) in [4.78, 5) is 11.2. The van der Waals surface area contributed by atoms with Crippen molar-refractivity contribution in [1.29, 1.82) is 5.26 Å². The van der Waals surface area contributed by atoms with Crippen molar-refractivity contribution in [3.8, 4) is 6.07 Å². The predicted octanol–water partition coefficient (Wildman–Crippen LogP) is 1.24. The molecule has 1 heterocycles. The first-order valence-corrected chi connectivity index (χ1v) is 5.00. The monoisotopic (exact) mass is 200 g/mol. The van der Waals surface area contributed by atoms with E-state index in [0.29, 0.717) is 5.56 Å². The van der Waals surface area contributed by atoms with E-state index in [2.05, 4.69) is 11.4 Å². The van der Waals surface area contributed by atoms with E-state index in [-0.39, 0.29) is 17.9 Å². The SMILES string of the molecule is C[C@H]1NC(=O)[C@@H]1Cc1cccc(C#N)c1. The molecular formula is C12H12N2O. The lowest BCUT2D eigenvalue weighted by Gasteiger charge is -2.34. The molecule has 3 heteroatoms. The molecule has 1 aromatic carbocycles. The third-order valence-corrected chi connectivity index (χ3v) is 2.82. The summed E-state index contributed by atoms with van der Waals surface area (Å²) in [5.41, 5.74) is 1.71. The van der Waals surface area contributed by atoms with Crippen LogP contribution in [-0.4, -0.2) is 11.9 Å². The fourth-order valence-corrected chi connectivity index (χ4v) is 1.85. The second-order valence-corrected chi connectivity index (χ2v) is 3.92. The highest BCUT2D eigenvalue weighted by Gasteiger charge is 2.35. The molecule has 1 aliphatic heterocycles. The van der Waals surface area contributed by atoms with Gasteiger partial charge in [0.15, 0.2) is 0 Å². The fraction of sp³-hybridized carbons (Fsp3) is 0.333. The van der Waals surface area contributed by atoms with Crippen molar-refractivity contribution < 1.29 is 4.79 Å². The zero-order valence-corrected chi connectivity index (χ0v) is 8.53. The van der Waals surface area contributed by atoms with Gasteiger partial charge in [0, 0.05) is 6.04 Å². The Labute approximate surface area is 88.7 Å². The van der Waals surface area contributed by atoms with Crippen LogP contribution in [0.5, 0.6) is 0 Å². The van der Waals surface area contributed by atoms with Gasteiger partial charge in [-0.1, -0.05) is 12.1 Å². The summed E-state index contributed by atoms with van der Waals surface area (Å²) in [7, 11) is 0. The molecule has 3 nitrogen and oxygen atoms in total. The molecule has 2 atom stereocenters. The lowest BCUT2D eigenvalue weighted by atomic mass is 9.86. The average Bonchev–Trinajstić information content (AvgIpc) is 2.27. The van der Waals surface area contributed by atoms with Gasteiger partial charge in [-0.05, 0) is 31.0 Å². The number of amides is 1. The highest BCUT2D eigenvalue weighted by Crippen LogP contribution is 2.20. The van der Waals surface area contributed by atoms with Crippen LogP contribution in [0.4, 0.5) is 0 Å². The Morgan fingerprint density at radius 1 is 1.53 bits per heavy atom. The standard InChI is InChI=1S/C12H12N2O/c1-8-11(12(15)14-8)6-9-3-2-4-10(5-9)7-13/h2-5,8,11H,6H2,1H3,(H,14,15)/t8-,11-/m1/s1. The van der Waals surface area contributed by atoms with Crippen molar-refractivity contribution in [3.05, 3.63) is 35.4 Å². The minimum atomic E-state index is 0.0685. The number of hydrogen-bond donors (Lipinski definition) is 1. The van der Waals surface area contributed by atoms with Crippen molar-refractivity contribution >= 4 is 5.91 Å². The number of carbonyl (C=O) groups is 1. The van der Waals surface area contributed by atoms with Gasteiger partial charge >= 0.3 is 0 Å². The highest BCUT2D eigenvalue weighted by atomic mass is 16.2. The molecule has 0 saturated carbocycles. The Bertz CT molecular complexity index is 433. The Balaban J connectivity index is 2.11. The molecule has 1 N–H and O–H groups in total. The van der Waals surface area contributed by atoms with Gasteiger partial charge in [-0.2, -0.15) is 5.26 Å². The van der Waals surface area contributed by atoms with E-state index in [1.807, 2.05) is 25.1 Å².